The average Bonchev–Trinajstić information content (AvgIpc) is 2.92. The maximum Gasteiger partial charge on any atom is 0.270 e. The van der Waals surface area contributed by atoms with Crippen LogP contribution in [0, 0.1) is 17.6 Å². The Morgan fingerprint density at radius 2 is 2.08 bits per heavy atom. The van der Waals surface area contributed by atoms with Crippen LogP contribution in [0.2, 0.25) is 0 Å². The quantitative estimate of drug-likeness (QED) is 0.777. The van der Waals surface area contributed by atoms with E-state index in [1.165, 1.54) is 16.8 Å². The van der Waals surface area contributed by atoms with Crippen LogP contribution < -0.4 is 16.2 Å². The molecule has 134 valence electrons. The molecule has 2 aromatic rings. The summed E-state index contributed by atoms with van der Waals surface area (Å²) in [7, 11) is 1.54. The molecule has 1 saturated heterocycles. The number of aromatic nitrogens is 2. The van der Waals surface area contributed by atoms with Gasteiger partial charge in [0.25, 0.3) is 11.5 Å². The summed E-state index contributed by atoms with van der Waals surface area (Å²) in [6.45, 7) is 0.662. The molecule has 0 aliphatic carbocycles. The Kier molecular flexibility index (Phi) is 4.98. The van der Waals surface area contributed by atoms with Crippen LogP contribution in [0.25, 0.3) is 0 Å². The smallest absolute Gasteiger partial charge is 0.270 e. The highest BCUT2D eigenvalue weighted by Gasteiger charge is 2.23. The van der Waals surface area contributed by atoms with Gasteiger partial charge in [-0.25, -0.2) is 8.78 Å². The molecule has 8 heteroatoms. The number of rotatable bonds is 4. The summed E-state index contributed by atoms with van der Waals surface area (Å²) in [4.78, 5) is 23.5. The molecule has 2 atom stereocenters. The summed E-state index contributed by atoms with van der Waals surface area (Å²) in [5, 5.41) is 8.76. The first kappa shape index (κ1) is 17.3. The minimum absolute atomic E-state index is 0.183. The zero-order chi connectivity index (χ0) is 18.0. The molecule has 1 aliphatic heterocycles. The van der Waals surface area contributed by atoms with Gasteiger partial charge < -0.3 is 5.32 Å². The topological polar surface area (TPSA) is 78.9 Å². The third-order valence-corrected chi connectivity index (χ3v) is 4.46. The number of hydrogen-bond acceptors (Lipinski definition) is 3. The predicted octanol–water partition coefficient (Wildman–Crippen LogP) is 1.29. The van der Waals surface area contributed by atoms with Crippen molar-refractivity contribution < 1.29 is 13.6 Å². The Bertz CT molecular complexity index is 822. The standard InChI is InChI=1S/C17H20F2N4O2/c1-23-16(24)8-14(22-23)17(25)21-15-5-3-11(9-20-15)6-10-2-4-12(18)13(19)7-10/h2,4,7-8,11,15,20,22H,3,5-6,9H2,1H3,(H,21,25). The highest BCUT2D eigenvalue weighted by Crippen LogP contribution is 2.20. The number of amides is 1. The Hall–Kier alpha value is -2.48. The van der Waals surface area contributed by atoms with Crippen LogP contribution in [0.5, 0.6) is 0 Å². The van der Waals surface area contributed by atoms with Crippen LogP contribution >= 0.6 is 0 Å². The van der Waals surface area contributed by atoms with E-state index in [9.17, 15) is 18.4 Å². The van der Waals surface area contributed by atoms with Gasteiger partial charge >= 0.3 is 0 Å². The first-order valence-corrected chi connectivity index (χ1v) is 8.16. The fourth-order valence-corrected chi connectivity index (χ4v) is 3.05. The number of halogens is 2. The van der Waals surface area contributed by atoms with Gasteiger partial charge in [-0.1, -0.05) is 6.07 Å². The molecule has 0 bridgehead atoms. The van der Waals surface area contributed by atoms with Gasteiger partial charge in [-0.2, -0.15) is 0 Å². The van der Waals surface area contributed by atoms with E-state index in [2.05, 4.69) is 15.7 Å². The van der Waals surface area contributed by atoms with Crippen molar-refractivity contribution in [2.45, 2.75) is 25.4 Å². The maximum atomic E-state index is 13.3. The number of hydrogen-bond donors (Lipinski definition) is 3. The minimum atomic E-state index is -0.841. The number of benzene rings is 1. The van der Waals surface area contributed by atoms with Crippen molar-refractivity contribution in [1.29, 1.82) is 0 Å². The number of carbonyl (C=O) groups excluding carboxylic acids is 1. The van der Waals surface area contributed by atoms with Crippen LogP contribution in [0.15, 0.2) is 29.1 Å². The van der Waals surface area contributed by atoms with Gasteiger partial charge in [0.2, 0.25) is 0 Å². The molecule has 2 unspecified atom stereocenters. The van der Waals surface area contributed by atoms with Crippen LogP contribution in [-0.2, 0) is 13.5 Å². The van der Waals surface area contributed by atoms with Crippen LogP contribution in [0.4, 0.5) is 8.78 Å². The van der Waals surface area contributed by atoms with Gasteiger partial charge in [-0.3, -0.25) is 24.7 Å². The fraction of sp³-hybridized carbons (Fsp3) is 0.412. The molecule has 3 N–H and O–H groups in total. The molecule has 1 aromatic carbocycles. The van der Waals surface area contributed by atoms with Gasteiger partial charge in [0.1, 0.15) is 5.69 Å². The predicted molar refractivity (Wildman–Crippen MR) is 88.1 cm³/mol. The molecule has 3 rings (SSSR count). The van der Waals surface area contributed by atoms with E-state index in [1.54, 1.807) is 13.1 Å². The summed E-state index contributed by atoms with van der Waals surface area (Å²) in [6.07, 6.45) is 2.04. The van der Waals surface area contributed by atoms with E-state index < -0.39 is 11.6 Å². The van der Waals surface area contributed by atoms with Gasteiger partial charge in [0.05, 0.1) is 6.17 Å². The molecule has 2 heterocycles. The van der Waals surface area contributed by atoms with Crippen LogP contribution in [-0.4, -0.2) is 28.4 Å². The molecule has 0 spiro atoms. The average molecular weight is 350 g/mol. The third kappa shape index (κ3) is 4.14. The zero-order valence-electron chi connectivity index (χ0n) is 13.8. The largest absolute Gasteiger partial charge is 0.335 e. The van der Waals surface area contributed by atoms with E-state index in [0.29, 0.717) is 13.0 Å². The van der Waals surface area contributed by atoms with Gasteiger partial charge in [-0.15, -0.1) is 0 Å². The lowest BCUT2D eigenvalue weighted by atomic mass is 9.91. The minimum Gasteiger partial charge on any atom is -0.335 e. The number of piperidine rings is 1. The van der Waals surface area contributed by atoms with E-state index >= 15 is 0 Å². The molecule has 0 saturated carbocycles. The summed E-state index contributed by atoms with van der Waals surface area (Å²) < 4.78 is 27.5. The van der Waals surface area contributed by atoms with Crippen molar-refractivity contribution >= 4 is 5.91 Å². The highest BCUT2D eigenvalue weighted by molar-refractivity contribution is 5.92. The molecule has 1 amide bonds. The molecule has 0 radical (unpaired) electrons. The van der Waals surface area contributed by atoms with Crippen molar-refractivity contribution in [2.24, 2.45) is 13.0 Å². The summed E-state index contributed by atoms with van der Waals surface area (Å²) in [5.41, 5.74) is 0.710. The van der Waals surface area contributed by atoms with Gasteiger partial charge in [0.15, 0.2) is 11.6 Å². The number of aryl methyl sites for hydroxylation is 1. The van der Waals surface area contributed by atoms with E-state index in [1.807, 2.05) is 0 Å². The number of carbonyl (C=O) groups is 1. The van der Waals surface area contributed by atoms with Crippen LogP contribution in [0.3, 0.4) is 0 Å². The van der Waals surface area contributed by atoms with Crippen molar-refractivity contribution in [1.82, 2.24) is 20.4 Å². The summed E-state index contributed by atoms with van der Waals surface area (Å²) in [6, 6.07) is 5.22. The monoisotopic (exact) mass is 350 g/mol. The molecule has 1 fully saturated rings. The lowest BCUT2D eigenvalue weighted by Gasteiger charge is -2.30. The zero-order valence-corrected chi connectivity index (χ0v) is 13.8. The third-order valence-electron chi connectivity index (χ3n) is 4.46. The number of nitrogens with zero attached hydrogens (tertiary/aromatic N) is 1. The number of nitrogens with one attached hydrogen (secondary N) is 3. The van der Waals surface area contributed by atoms with Gasteiger partial charge in [-0.05, 0) is 42.9 Å². The SMILES string of the molecule is Cn1[nH]c(C(=O)NC2CCC(Cc3ccc(F)c(F)c3)CN2)cc1=O. The highest BCUT2D eigenvalue weighted by atomic mass is 19.2. The van der Waals surface area contributed by atoms with Crippen molar-refractivity contribution in [3.05, 3.63) is 57.5 Å². The Labute approximate surface area is 143 Å². The Balaban J connectivity index is 1.50. The lowest BCUT2D eigenvalue weighted by molar-refractivity contribution is 0.0908. The van der Waals surface area contributed by atoms with Crippen molar-refractivity contribution in [3.8, 4) is 0 Å². The van der Waals surface area contributed by atoms with Crippen molar-refractivity contribution in [3.63, 3.8) is 0 Å². The molecule has 1 aromatic heterocycles. The van der Waals surface area contributed by atoms with Gasteiger partial charge in [0, 0.05) is 19.7 Å². The van der Waals surface area contributed by atoms with E-state index in [4.69, 9.17) is 0 Å². The second-order valence-electron chi connectivity index (χ2n) is 6.40. The summed E-state index contributed by atoms with van der Waals surface area (Å²) >= 11 is 0. The Morgan fingerprint density at radius 1 is 1.28 bits per heavy atom. The second kappa shape index (κ2) is 7.18. The van der Waals surface area contributed by atoms with Crippen molar-refractivity contribution in [2.75, 3.05) is 6.54 Å². The molecular weight excluding hydrogens is 330 g/mol. The van der Waals surface area contributed by atoms with Crippen LogP contribution in [0.1, 0.15) is 28.9 Å². The first-order chi connectivity index (χ1) is 11.9. The lowest BCUT2D eigenvalue weighted by Crippen LogP contribution is -2.50. The molecule has 6 nitrogen and oxygen atoms in total. The Morgan fingerprint density at radius 3 is 2.68 bits per heavy atom. The number of H-pyrrole nitrogens is 1. The fourth-order valence-electron chi connectivity index (χ4n) is 3.05. The maximum absolute atomic E-state index is 13.3. The number of aromatic amines is 1. The normalized spacial score (nSPS) is 20.4. The van der Waals surface area contributed by atoms with E-state index in [-0.39, 0.29) is 29.2 Å². The molecular formula is C17H20F2N4O2. The second-order valence-corrected chi connectivity index (χ2v) is 6.40. The molecule has 1 aliphatic rings. The first-order valence-electron chi connectivity index (χ1n) is 8.16. The molecule has 25 heavy (non-hydrogen) atoms. The summed E-state index contributed by atoms with van der Waals surface area (Å²) in [5.74, 6) is -1.72. The van der Waals surface area contributed by atoms with E-state index in [0.717, 1.165) is 24.5 Å².